The standard InChI is InChI=1S/C18H22N2O3/c1-13-9-10-15(23-3)11-16(13)20-17(21)19-12-18(2,22)14-7-5-4-6-8-14/h4-11,22H,12H2,1-3H3,(H2,19,20,21). The predicted octanol–water partition coefficient (Wildman–Crippen LogP) is 3.03. The SMILES string of the molecule is COc1ccc(C)c(NC(=O)NCC(C)(O)c2ccccc2)c1. The quantitative estimate of drug-likeness (QED) is 0.794. The monoisotopic (exact) mass is 314 g/mol. The number of amides is 2. The lowest BCUT2D eigenvalue weighted by Gasteiger charge is -2.24. The van der Waals surface area contributed by atoms with Crippen LogP contribution in [0.1, 0.15) is 18.1 Å². The van der Waals surface area contributed by atoms with Crippen molar-refractivity contribution in [2.75, 3.05) is 19.0 Å². The van der Waals surface area contributed by atoms with Gasteiger partial charge in [-0.15, -0.1) is 0 Å². The number of hydrogen-bond acceptors (Lipinski definition) is 3. The zero-order chi connectivity index (χ0) is 16.9. The van der Waals surface area contributed by atoms with E-state index in [0.717, 1.165) is 11.1 Å². The average Bonchev–Trinajstić information content (AvgIpc) is 2.56. The van der Waals surface area contributed by atoms with Gasteiger partial charge in [0.1, 0.15) is 11.4 Å². The topological polar surface area (TPSA) is 70.6 Å². The number of methoxy groups -OCH3 is 1. The fraction of sp³-hybridized carbons (Fsp3) is 0.278. The fourth-order valence-corrected chi connectivity index (χ4v) is 2.18. The van der Waals surface area contributed by atoms with E-state index in [4.69, 9.17) is 4.74 Å². The summed E-state index contributed by atoms with van der Waals surface area (Å²) < 4.78 is 5.15. The van der Waals surface area contributed by atoms with E-state index in [2.05, 4.69) is 10.6 Å². The molecular formula is C18H22N2O3. The van der Waals surface area contributed by atoms with Crippen molar-refractivity contribution >= 4 is 11.7 Å². The zero-order valence-corrected chi connectivity index (χ0v) is 13.6. The van der Waals surface area contributed by atoms with Crippen LogP contribution in [0.3, 0.4) is 0 Å². The molecule has 1 atom stereocenters. The maximum absolute atomic E-state index is 12.1. The van der Waals surface area contributed by atoms with Gasteiger partial charge in [-0.2, -0.15) is 0 Å². The first-order chi connectivity index (χ1) is 10.9. The molecule has 0 aromatic heterocycles. The highest BCUT2D eigenvalue weighted by Gasteiger charge is 2.23. The van der Waals surface area contributed by atoms with Crippen molar-refractivity contribution in [3.63, 3.8) is 0 Å². The number of anilines is 1. The summed E-state index contributed by atoms with van der Waals surface area (Å²) in [7, 11) is 1.57. The van der Waals surface area contributed by atoms with Crippen LogP contribution in [0.5, 0.6) is 5.75 Å². The third-order valence-corrected chi connectivity index (χ3v) is 3.68. The summed E-state index contributed by atoms with van der Waals surface area (Å²) in [5, 5.41) is 15.9. The van der Waals surface area contributed by atoms with Gasteiger partial charge in [0.15, 0.2) is 0 Å². The van der Waals surface area contributed by atoms with E-state index in [0.29, 0.717) is 11.4 Å². The number of hydrogen-bond donors (Lipinski definition) is 3. The van der Waals surface area contributed by atoms with E-state index >= 15 is 0 Å². The molecule has 122 valence electrons. The molecule has 0 fully saturated rings. The molecule has 2 amide bonds. The molecule has 0 heterocycles. The first-order valence-electron chi connectivity index (χ1n) is 7.40. The van der Waals surface area contributed by atoms with Gasteiger partial charge in [-0.05, 0) is 31.0 Å². The molecular weight excluding hydrogens is 292 g/mol. The second-order valence-corrected chi connectivity index (χ2v) is 5.63. The molecule has 0 radical (unpaired) electrons. The van der Waals surface area contributed by atoms with Gasteiger partial charge in [0.2, 0.25) is 0 Å². The highest BCUT2D eigenvalue weighted by molar-refractivity contribution is 5.90. The van der Waals surface area contributed by atoms with Crippen LogP contribution >= 0.6 is 0 Å². The van der Waals surface area contributed by atoms with E-state index in [9.17, 15) is 9.90 Å². The number of rotatable bonds is 5. The number of carbonyl (C=O) groups excluding carboxylic acids is 1. The van der Waals surface area contributed by atoms with Crippen molar-refractivity contribution in [2.24, 2.45) is 0 Å². The van der Waals surface area contributed by atoms with Crippen LogP contribution in [0.15, 0.2) is 48.5 Å². The maximum atomic E-state index is 12.1. The Bertz CT molecular complexity index is 669. The zero-order valence-electron chi connectivity index (χ0n) is 13.6. The summed E-state index contributed by atoms with van der Waals surface area (Å²) in [4.78, 5) is 12.1. The van der Waals surface area contributed by atoms with Crippen LogP contribution in [-0.2, 0) is 5.60 Å². The molecule has 0 saturated heterocycles. The second-order valence-electron chi connectivity index (χ2n) is 5.63. The molecule has 1 unspecified atom stereocenters. The first kappa shape index (κ1) is 16.8. The molecule has 2 aromatic rings. The smallest absolute Gasteiger partial charge is 0.319 e. The summed E-state index contributed by atoms with van der Waals surface area (Å²) in [6.45, 7) is 3.67. The van der Waals surface area contributed by atoms with Gasteiger partial charge in [0.25, 0.3) is 0 Å². The number of aryl methyl sites for hydroxylation is 1. The molecule has 0 saturated carbocycles. The summed E-state index contributed by atoms with van der Waals surface area (Å²) in [6.07, 6.45) is 0. The number of nitrogens with one attached hydrogen (secondary N) is 2. The predicted molar refractivity (Wildman–Crippen MR) is 90.8 cm³/mol. The molecule has 0 aliphatic heterocycles. The van der Waals surface area contributed by atoms with Gasteiger partial charge in [0.05, 0.1) is 13.7 Å². The molecule has 0 spiro atoms. The first-order valence-corrected chi connectivity index (χ1v) is 7.40. The molecule has 23 heavy (non-hydrogen) atoms. The molecule has 5 heteroatoms. The molecule has 2 aromatic carbocycles. The maximum Gasteiger partial charge on any atom is 0.319 e. The minimum absolute atomic E-state index is 0.103. The Hall–Kier alpha value is -2.53. The Morgan fingerprint density at radius 3 is 2.57 bits per heavy atom. The van der Waals surface area contributed by atoms with E-state index in [1.54, 1.807) is 20.1 Å². The normalized spacial score (nSPS) is 13.0. The van der Waals surface area contributed by atoms with Crippen LogP contribution in [-0.4, -0.2) is 24.8 Å². The lowest BCUT2D eigenvalue weighted by molar-refractivity contribution is 0.0599. The molecule has 5 nitrogen and oxygen atoms in total. The van der Waals surface area contributed by atoms with Crippen LogP contribution in [0.25, 0.3) is 0 Å². The Morgan fingerprint density at radius 2 is 1.91 bits per heavy atom. The van der Waals surface area contributed by atoms with E-state index in [1.165, 1.54) is 0 Å². The average molecular weight is 314 g/mol. The molecule has 3 N–H and O–H groups in total. The van der Waals surface area contributed by atoms with Gasteiger partial charge in [0, 0.05) is 11.8 Å². The van der Waals surface area contributed by atoms with Crippen molar-refractivity contribution in [2.45, 2.75) is 19.4 Å². The van der Waals surface area contributed by atoms with Crippen molar-refractivity contribution in [3.8, 4) is 5.75 Å². The summed E-state index contributed by atoms with van der Waals surface area (Å²) in [6, 6.07) is 14.3. The van der Waals surface area contributed by atoms with Gasteiger partial charge >= 0.3 is 6.03 Å². The summed E-state index contributed by atoms with van der Waals surface area (Å²) >= 11 is 0. The van der Waals surface area contributed by atoms with Crippen LogP contribution in [0.2, 0.25) is 0 Å². The Balaban J connectivity index is 1.98. The minimum Gasteiger partial charge on any atom is -0.497 e. The van der Waals surface area contributed by atoms with Gasteiger partial charge in [-0.3, -0.25) is 0 Å². The number of ether oxygens (including phenoxy) is 1. The summed E-state index contributed by atoms with van der Waals surface area (Å²) in [5.41, 5.74) is 1.21. The minimum atomic E-state index is -1.14. The van der Waals surface area contributed by atoms with Crippen LogP contribution in [0.4, 0.5) is 10.5 Å². The largest absolute Gasteiger partial charge is 0.497 e. The van der Waals surface area contributed by atoms with E-state index in [1.807, 2.05) is 49.4 Å². The lowest BCUT2D eigenvalue weighted by Crippen LogP contribution is -2.40. The number of urea groups is 1. The van der Waals surface area contributed by atoms with Crippen molar-refractivity contribution in [1.29, 1.82) is 0 Å². The highest BCUT2D eigenvalue weighted by atomic mass is 16.5. The number of aliphatic hydroxyl groups is 1. The van der Waals surface area contributed by atoms with E-state index < -0.39 is 5.60 Å². The van der Waals surface area contributed by atoms with Gasteiger partial charge in [-0.1, -0.05) is 36.4 Å². The van der Waals surface area contributed by atoms with Gasteiger partial charge < -0.3 is 20.5 Å². The lowest BCUT2D eigenvalue weighted by atomic mass is 9.96. The Labute approximate surface area is 136 Å². The number of carbonyl (C=O) groups is 1. The highest BCUT2D eigenvalue weighted by Crippen LogP contribution is 2.22. The third kappa shape index (κ3) is 4.47. The fourth-order valence-electron chi connectivity index (χ4n) is 2.18. The molecule has 2 rings (SSSR count). The second kappa shape index (κ2) is 7.15. The third-order valence-electron chi connectivity index (χ3n) is 3.68. The Morgan fingerprint density at radius 1 is 1.22 bits per heavy atom. The van der Waals surface area contributed by atoms with Crippen LogP contribution < -0.4 is 15.4 Å². The van der Waals surface area contributed by atoms with Crippen molar-refractivity contribution in [1.82, 2.24) is 5.32 Å². The molecule has 0 aliphatic carbocycles. The molecule has 0 bridgehead atoms. The Kier molecular flexibility index (Phi) is 5.24. The van der Waals surface area contributed by atoms with E-state index in [-0.39, 0.29) is 12.6 Å². The van der Waals surface area contributed by atoms with Crippen molar-refractivity contribution in [3.05, 3.63) is 59.7 Å². The van der Waals surface area contributed by atoms with Crippen LogP contribution in [0, 0.1) is 6.92 Å². The summed E-state index contributed by atoms with van der Waals surface area (Å²) in [5.74, 6) is 0.669. The molecule has 0 aliphatic rings. The van der Waals surface area contributed by atoms with Crippen molar-refractivity contribution < 1.29 is 14.6 Å². The van der Waals surface area contributed by atoms with Gasteiger partial charge in [-0.25, -0.2) is 4.79 Å². The number of benzene rings is 2.